The molecule has 0 radical (unpaired) electrons. The molecular weight excluding hydrogens is 202 g/mol. The maximum atomic E-state index is 11.4. The Morgan fingerprint density at radius 3 is 2.94 bits per heavy atom. The predicted molar refractivity (Wildman–Crippen MR) is 64.5 cm³/mol. The first-order valence-electron chi connectivity index (χ1n) is 5.36. The number of rotatable bonds is 4. The Hall–Kier alpha value is -1.97. The topological polar surface area (TPSA) is 49.8 Å². The maximum absolute atomic E-state index is 11.4. The molecular formula is C12H15N3O. The van der Waals surface area contributed by atoms with Gasteiger partial charge in [0.1, 0.15) is 0 Å². The van der Waals surface area contributed by atoms with E-state index < -0.39 is 0 Å². The second-order valence-corrected chi connectivity index (χ2v) is 3.59. The number of hydrogen-bond donors (Lipinski definition) is 2. The number of pyridine rings is 1. The summed E-state index contributed by atoms with van der Waals surface area (Å²) in [5.74, 6) is 0. The minimum Gasteiger partial charge on any atom is -0.378 e. The van der Waals surface area contributed by atoms with E-state index in [1.165, 1.54) is 0 Å². The van der Waals surface area contributed by atoms with Gasteiger partial charge in [0.15, 0.2) is 0 Å². The number of nitrogens with one attached hydrogen (secondary N) is 2. The number of aromatic amines is 1. The molecule has 2 aromatic rings. The number of H-pyrrole nitrogens is 1. The number of anilines is 1. The van der Waals surface area contributed by atoms with Gasteiger partial charge in [0.2, 0.25) is 0 Å². The molecule has 2 heterocycles. The van der Waals surface area contributed by atoms with E-state index in [1.807, 2.05) is 31.5 Å². The first-order chi connectivity index (χ1) is 7.79. The van der Waals surface area contributed by atoms with Gasteiger partial charge < -0.3 is 14.9 Å². The van der Waals surface area contributed by atoms with E-state index in [4.69, 9.17) is 0 Å². The monoisotopic (exact) mass is 217 g/mol. The third kappa shape index (κ3) is 2.34. The average molecular weight is 217 g/mol. The zero-order chi connectivity index (χ0) is 11.4. The molecule has 0 aliphatic heterocycles. The van der Waals surface area contributed by atoms with Crippen molar-refractivity contribution >= 4 is 5.69 Å². The molecule has 2 N–H and O–H groups in total. The van der Waals surface area contributed by atoms with Crippen LogP contribution in [0.15, 0.2) is 41.5 Å². The van der Waals surface area contributed by atoms with Gasteiger partial charge in [-0.25, -0.2) is 0 Å². The van der Waals surface area contributed by atoms with Crippen LogP contribution in [0, 0.1) is 0 Å². The van der Waals surface area contributed by atoms with E-state index in [-0.39, 0.29) is 5.56 Å². The Morgan fingerprint density at radius 2 is 2.25 bits per heavy atom. The Labute approximate surface area is 93.9 Å². The first-order valence-corrected chi connectivity index (χ1v) is 5.36. The zero-order valence-electron chi connectivity index (χ0n) is 9.23. The van der Waals surface area contributed by atoms with E-state index in [1.54, 1.807) is 16.7 Å². The molecule has 0 amide bonds. The standard InChI is InChI=1S/C12H15N3O/c1-2-15-9-11(5-6-12(15)16)14-8-10-4-3-7-13-10/h3-7,9,13-14H,2,8H2,1H3. The van der Waals surface area contributed by atoms with Crippen molar-refractivity contribution in [2.45, 2.75) is 20.0 Å². The number of aryl methyl sites for hydroxylation is 1. The van der Waals surface area contributed by atoms with Gasteiger partial charge in [0.05, 0.1) is 12.2 Å². The van der Waals surface area contributed by atoms with Gasteiger partial charge in [-0.2, -0.15) is 0 Å². The Kier molecular flexibility index (Phi) is 3.10. The smallest absolute Gasteiger partial charge is 0.250 e. The predicted octanol–water partition coefficient (Wildman–Crippen LogP) is 1.81. The average Bonchev–Trinajstić information content (AvgIpc) is 2.81. The highest BCUT2D eigenvalue weighted by atomic mass is 16.1. The fourth-order valence-corrected chi connectivity index (χ4v) is 1.56. The van der Waals surface area contributed by atoms with Crippen molar-refractivity contribution in [2.75, 3.05) is 5.32 Å². The molecule has 0 aliphatic carbocycles. The largest absolute Gasteiger partial charge is 0.378 e. The van der Waals surface area contributed by atoms with Crippen LogP contribution >= 0.6 is 0 Å². The zero-order valence-corrected chi connectivity index (χ0v) is 9.23. The molecule has 0 atom stereocenters. The molecule has 4 heteroatoms. The van der Waals surface area contributed by atoms with Crippen molar-refractivity contribution in [1.82, 2.24) is 9.55 Å². The van der Waals surface area contributed by atoms with Crippen LogP contribution in [-0.2, 0) is 13.1 Å². The van der Waals surface area contributed by atoms with Crippen molar-refractivity contribution in [3.05, 3.63) is 52.7 Å². The van der Waals surface area contributed by atoms with Gasteiger partial charge in [0.25, 0.3) is 5.56 Å². The Balaban J connectivity index is 2.07. The summed E-state index contributed by atoms with van der Waals surface area (Å²) in [6, 6.07) is 7.37. The van der Waals surface area contributed by atoms with Gasteiger partial charge in [-0.1, -0.05) is 0 Å². The van der Waals surface area contributed by atoms with Crippen molar-refractivity contribution in [3.63, 3.8) is 0 Å². The summed E-state index contributed by atoms with van der Waals surface area (Å²) >= 11 is 0. The van der Waals surface area contributed by atoms with E-state index >= 15 is 0 Å². The lowest BCUT2D eigenvalue weighted by Crippen LogP contribution is -2.17. The molecule has 0 saturated carbocycles. The third-order valence-electron chi connectivity index (χ3n) is 2.47. The summed E-state index contributed by atoms with van der Waals surface area (Å²) in [4.78, 5) is 14.5. The highest BCUT2D eigenvalue weighted by molar-refractivity contribution is 5.40. The van der Waals surface area contributed by atoms with Crippen LogP contribution in [0.5, 0.6) is 0 Å². The van der Waals surface area contributed by atoms with E-state index in [9.17, 15) is 4.79 Å². The molecule has 0 aliphatic rings. The van der Waals surface area contributed by atoms with Gasteiger partial charge in [-0.3, -0.25) is 4.79 Å². The van der Waals surface area contributed by atoms with Gasteiger partial charge in [-0.15, -0.1) is 0 Å². The van der Waals surface area contributed by atoms with Crippen LogP contribution in [-0.4, -0.2) is 9.55 Å². The molecule has 0 spiro atoms. The van der Waals surface area contributed by atoms with Crippen molar-refractivity contribution in [3.8, 4) is 0 Å². The second-order valence-electron chi connectivity index (χ2n) is 3.59. The lowest BCUT2D eigenvalue weighted by atomic mass is 10.3. The molecule has 16 heavy (non-hydrogen) atoms. The summed E-state index contributed by atoms with van der Waals surface area (Å²) in [5, 5.41) is 3.26. The van der Waals surface area contributed by atoms with E-state index in [0.717, 1.165) is 17.9 Å². The van der Waals surface area contributed by atoms with Crippen LogP contribution in [0.25, 0.3) is 0 Å². The number of hydrogen-bond acceptors (Lipinski definition) is 2. The highest BCUT2D eigenvalue weighted by Gasteiger charge is 1.97. The van der Waals surface area contributed by atoms with Crippen molar-refractivity contribution in [2.24, 2.45) is 0 Å². The molecule has 2 aromatic heterocycles. The lowest BCUT2D eigenvalue weighted by molar-refractivity contribution is 0.727. The SMILES string of the molecule is CCn1cc(NCc2ccc[nH]2)ccc1=O. The molecule has 0 aromatic carbocycles. The second kappa shape index (κ2) is 4.70. The molecule has 84 valence electrons. The summed E-state index contributed by atoms with van der Waals surface area (Å²) < 4.78 is 1.68. The summed E-state index contributed by atoms with van der Waals surface area (Å²) in [6.07, 6.45) is 3.73. The minimum absolute atomic E-state index is 0.0351. The minimum atomic E-state index is 0.0351. The van der Waals surface area contributed by atoms with Gasteiger partial charge in [0, 0.05) is 30.7 Å². The first kappa shape index (κ1) is 10.5. The fourth-order valence-electron chi connectivity index (χ4n) is 1.56. The Bertz CT molecular complexity index is 499. The van der Waals surface area contributed by atoms with Crippen LogP contribution in [0.2, 0.25) is 0 Å². The van der Waals surface area contributed by atoms with E-state index in [2.05, 4.69) is 10.3 Å². The molecule has 4 nitrogen and oxygen atoms in total. The normalized spacial score (nSPS) is 10.3. The van der Waals surface area contributed by atoms with E-state index in [0.29, 0.717) is 6.54 Å². The Morgan fingerprint density at radius 1 is 1.38 bits per heavy atom. The van der Waals surface area contributed by atoms with Gasteiger partial charge >= 0.3 is 0 Å². The summed E-state index contributed by atoms with van der Waals surface area (Å²) in [7, 11) is 0. The van der Waals surface area contributed by atoms with Crippen molar-refractivity contribution in [1.29, 1.82) is 0 Å². The fraction of sp³-hybridized carbons (Fsp3) is 0.250. The highest BCUT2D eigenvalue weighted by Crippen LogP contribution is 2.05. The number of nitrogens with zero attached hydrogens (tertiary/aromatic N) is 1. The number of aromatic nitrogens is 2. The van der Waals surface area contributed by atoms with Crippen molar-refractivity contribution < 1.29 is 0 Å². The van der Waals surface area contributed by atoms with Gasteiger partial charge in [-0.05, 0) is 25.1 Å². The third-order valence-corrected chi connectivity index (χ3v) is 2.47. The van der Waals surface area contributed by atoms with Crippen LogP contribution in [0.4, 0.5) is 5.69 Å². The summed E-state index contributed by atoms with van der Waals surface area (Å²) in [5.41, 5.74) is 2.11. The van der Waals surface area contributed by atoms with Crippen LogP contribution < -0.4 is 10.9 Å². The molecule has 0 fully saturated rings. The van der Waals surface area contributed by atoms with Crippen LogP contribution in [0.1, 0.15) is 12.6 Å². The summed E-state index contributed by atoms with van der Waals surface area (Å²) in [6.45, 7) is 3.38. The molecule has 2 rings (SSSR count). The molecule has 0 unspecified atom stereocenters. The lowest BCUT2D eigenvalue weighted by Gasteiger charge is -2.07. The quantitative estimate of drug-likeness (QED) is 0.820. The maximum Gasteiger partial charge on any atom is 0.250 e. The molecule has 0 bridgehead atoms. The molecule has 0 saturated heterocycles. The van der Waals surface area contributed by atoms with Crippen LogP contribution in [0.3, 0.4) is 0 Å².